The van der Waals surface area contributed by atoms with Crippen LogP contribution in [-0.4, -0.2) is 45.4 Å². The minimum atomic E-state index is -4.93. The highest BCUT2D eigenvalue weighted by Crippen LogP contribution is 2.38. The normalized spacial score (nSPS) is 15.6. The first kappa shape index (κ1) is 29.0. The van der Waals surface area contributed by atoms with Crippen LogP contribution in [0.4, 0.5) is 23.2 Å². The van der Waals surface area contributed by atoms with E-state index in [-0.39, 0.29) is 11.4 Å². The van der Waals surface area contributed by atoms with E-state index in [1.165, 1.54) is 37.7 Å². The number of alkyl halides is 3. The average molecular weight is 577 g/mol. The highest BCUT2D eigenvalue weighted by atomic mass is 32.2. The Labute approximate surface area is 228 Å². The maximum Gasteiger partial charge on any atom is 0.416 e. The summed E-state index contributed by atoms with van der Waals surface area (Å²) in [5.74, 6) is 1.37. The number of nitrogens with zero attached hydrogens (tertiary/aromatic N) is 2. The SMILES string of the molecule is COc1cc(F)ccc1-c1ccncc1N(C#CC1CCCCO1)C(=O)c1cc(C(F)(F)F)cc(S(C)(=O)=O)c1. The standard InChI is InChI=1S/C28H24F4N2O5S/c1-38-26-16-20(29)6-7-24(26)23-8-10-33-17-25(23)34(11-9-21-5-3-4-12-39-21)27(35)18-13-19(28(30,31)32)15-22(14-18)40(2,36)37/h6-8,10,13-17,21H,3-5,12H2,1-2H3. The first-order valence-electron chi connectivity index (χ1n) is 12.1. The van der Waals surface area contributed by atoms with Crippen molar-refractivity contribution in [2.45, 2.75) is 36.4 Å². The maximum absolute atomic E-state index is 13.9. The van der Waals surface area contributed by atoms with Crippen molar-refractivity contribution in [1.29, 1.82) is 0 Å². The molecule has 0 bridgehead atoms. The van der Waals surface area contributed by atoms with E-state index in [4.69, 9.17) is 9.47 Å². The number of benzene rings is 2. The van der Waals surface area contributed by atoms with Crippen LogP contribution in [0.1, 0.15) is 35.2 Å². The number of hydrogen-bond donors (Lipinski definition) is 0. The second kappa shape index (κ2) is 11.7. The second-order valence-electron chi connectivity index (χ2n) is 9.01. The van der Waals surface area contributed by atoms with Crippen molar-refractivity contribution in [3.05, 3.63) is 71.8 Å². The number of pyridine rings is 1. The van der Waals surface area contributed by atoms with E-state index in [9.17, 15) is 30.8 Å². The van der Waals surface area contributed by atoms with Gasteiger partial charge in [-0.1, -0.05) is 0 Å². The number of amides is 1. The van der Waals surface area contributed by atoms with Crippen LogP contribution in [0, 0.1) is 17.8 Å². The number of halogens is 4. The third-order valence-corrected chi connectivity index (χ3v) is 7.22. The van der Waals surface area contributed by atoms with Crippen molar-refractivity contribution in [2.24, 2.45) is 0 Å². The third kappa shape index (κ3) is 6.60. The molecular formula is C28H24F4N2O5S. The fourth-order valence-electron chi connectivity index (χ4n) is 4.12. The molecule has 4 rings (SSSR count). The summed E-state index contributed by atoms with van der Waals surface area (Å²) in [7, 11) is -2.79. The lowest BCUT2D eigenvalue weighted by molar-refractivity contribution is -0.137. The fourth-order valence-corrected chi connectivity index (χ4v) is 4.80. The molecule has 1 amide bonds. The highest BCUT2D eigenvalue weighted by molar-refractivity contribution is 7.90. The van der Waals surface area contributed by atoms with Gasteiger partial charge in [0.15, 0.2) is 9.84 Å². The summed E-state index contributed by atoms with van der Waals surface area (Å²) in [4.78, 5) is 18.1. The summed E-state index contributed by atoms with van der Waals surface area (Å²) < 4.78 is 90.4. The van der Waals surface area contributed by atoms with Crippen molar-refractivity contribution >= 4 is 21.4 Å². The molecule has 3 aromatic rings. The Hall–Kier alpha value is -3.95. The maximum atomic E-state index is 13.9. The summed E-state index contributed by atoms with van der Waals surface area (Å²) in [6, 6.07) is 9.85. The number of carbonyl (C=O) groups is 1. The van der Waals surface area contributed by atoms with Gasteiger partial charge in [-0.25, -0.2) is 17.7 Å². The molecule has 0 spiro atoms. The van der Waals surface area contributed by atoms with Crippen molar-refractivity contribution in [3.8, 4) is 28.8 Å². The molecule has 7 nitrogen and oxygen atoms in total. The molecule has 2 heterocycles. The Balaban J connectivity index is 1.92. The lowest BCUT2D eigenvalue weighted by Gasteiger charge is -2.22. The van der Waals surface area contributed by atoms with E-state index in [0.29, 0.717) is 36.3 Å². The molecule has 1 atom stereocenters. The minimum absolute atomic E-state index is 0.0547. The number of ether oxygens (including phenoxy) is 2. The van der Waals surface area contributed by atoms with Gasteiger partial charge in [0.1, 0.15) is 17.7 Å². The Morgan fingerprint density at radius 2 is 1.90 bits per heavy atom. The lowest BCUT2D eigenvalue weighted by Crippen LogP contribution is -2.28. The zero-order chi connectivity index (χ0) is 29.1. The van der Waals surface area contributed by atoms with Crippen LogP contribution in [-0.2, 0) is 20.8 Å². The molecular weight excluding hydrogens is 552 g/mol. The minimum Gasteiger partial charge on any atom is -0.496 e. The second-order valence-corrected chi connectivity index (χ2v) is 11.0. The quantitative estimate of drug-likeness (QED) is 0.227. The molecule has 0 radical (unpaired) electrons. The molecule has 1 aromatic heterocycles. The molecule has 40 heavy (non-hydrogen) atoms. The first-order valence-corrected chi connectivity index (χ1v) is 13.9. The first-order chi connectivity index (χ1) is 18.9. The van der Waals surface area contributed by atoms with E-state index in [0.717, 1.165) is 36.1 Å². The monoisotopic (exact) mass is 576 g/mol. The van der Waals surface area contributed by atoms with Gasteiger partial charge in [0.25, 0.3) is 5.91 Å². The van der Waals surface area contributed by atoms with Crippen LogP contribution in [0.3, 0.4) is 0 Å². The number of carbonyl (C=O) groups excluding carboxylic acids is 1. The molecule has 1 aliphatic rings. The van der Waals surface area contributed by atoms with Gasteiger partial charge in [-0.3, -0.25) is 9.78 Å². The Morgan fingerprint density at radius 1 is 1.12 bits per heavy atom. The molecule has 1 aliphatic heterocycles. The Bertz CT molecular complexity index is 1590. The molecule has 0 aliphatic carbocycles. The van der Waals surface area contributed by atoms with Crippen molar-refractivity contribution in [2.75, 3.05) is 24.9 Å². The molecule has 1 saturated heterocycles. The van der Waals surface area contributed by atoms with E-state index < -0.39 is 49.9 Å². The van der Waals surface area contributed by atoms with Crippen molar-refractivity contribution in [1.82, 2.24) is 4.98 Å². The molecule has 0 saturated carbocycles. The predicted molar refractivity (Wildman–Crippen MR) is 139 cm³/mol. The predicted octanol–water partition coefficient (Wildman–Crippen LogP) is 5.50. The molecule has 12 heteroatoms. The Kier molecular flexibility index (Phi) is 8.46. The van der Waals surface area contributed by atoms with Gasteiger partial charge < -0.3 is 9.47 Å². The van der Waals surface area contributed by atoms with E-state index in [1.807, 2.05) is 0 Å². The number of anilines is 1. The van der Waals surface area contributed by atoms with E-state index >= 15 is 0 Å². The number of sulfone groups is 1. The van der Waals surface area contributed by atoms with Gasteiger partial charge in [-0.15, -0.1) is 0 Å². The fraction of sp³-hybridized carbons (Fsp3) is 0.286. The third-order valence-electron chi connectivity index (χ3n) is 6.12. The lowest BCUT2D eigenvalue weighted by atomic mass is 10.0. The number of hydrogen-bond acceptors (Lipinski definition) is 6. The zero-order valence-corrected chi connectivity index (χ0v) is 22.3. The van der Waals surface area contributed by atoms with Gasteiger partial charge in [0.2, 0.25) is 0 Å². The van der Waals surface area contributed by atoms with Gasteiger partial charge in [-0.2, -0.15) is 13.2 Å². The van der Waals surface area contributed by atoms with Gasteiger partial charge in [-0.05, 0) is 61.6 Å². The molecule has 0 N–H and O–H groups in total. The van der Waals surface area contributed by atoms with Crippen LogP contribution in [0.15, 0.2) is 59.8 Å². The summed E-state index contributed by atoms with van der Waals surface area (Å²) in [6.45, 7) is 0.462. The highest BCUT2D eigenvalue weighted by Gasteiger charge is 2.34. The number of methoxy groups -OCH3 is 1. The van der Waals surface area contributed by atoms with Crippen LogP contribution >= 0.6 is 0 Å². The van der Waals surface area contributed by atoms with Crippen molar-refractivity contribution < 1.29 is 40.2 Å². The van der Waals surface area contributed by atoms with E-state index in [2.05, 4.69) is 16.9 Å². The molecule has 210 valence electrons. The number of aromatic nitrogens is 1. The smallest absolute Gasteiger partial charge is 0.416 e. The largest absolute Gasteiger partial charge is 0.496 e. The van der Waals surface area contributed by atoms with Gasteiger partial charge in [0.05, 0.1) is 29.5 Å². The molecule has 1 unspecified atom stereocenters. The number of rotatable bonds is 5. The van der Waals surface area contributed by atoms with Crippen LogP contribution < -0.4 is 9.64 Å². The Morgan fingerprint density at radius 3 is 2.55 bits per heavy atom. The van der Waals surface area contributed by atoms with Crippen LogP contribution in [0.5, 0.6) is 5.75 Å². The zero-order valence-electron chi connectivity index (χ0n) is 21.5. The summed E-state index contributed by atoms with van der Waals surface area (Å²) in [5.41, 5.74) is -1.15. The van der Waals surface area contributed by atoms with Crippen molar-refractivity contribution in [3.63, 3.8) is 0 Å². The van der Waals surface area contributed by atoms with Gasteiger partial charge in [0, 0.05) is 47.9 Å². The van der Waals surface area contributed by atoms with Crippen LogP contribution in [0.2, 0.25) is 0 Å². The summed E-state index contributed by atoms with van der Waals surface area (Å²) in [5, 5.41) is 0. The van der Waals surface area contributed by atoms with E-state index in [1.54, 1.807) is 0 Å². The topological polar surface area (TPSA) is 85.8 Å². The summed E-state index contributed by atoms with van der Waals surface area (Å²) >= 11 is 0. The van der Waals surface area contributed by atoms with Crippen LogP contribution in [0.25, 0.3) is 11.1 Å². The average Bonchev–Trinajstić information content (AvgIpc) is 2.92. The summed E-state index contributed by atoms with van der Waals surface area (Å²) in [6.07, 6.45) is 0.240. The van der Waals surface area contributed by atoms with Gasteiger partial charge >= 0.3 is 6.18 Å². The molecule has 1 fully saturated rings. The molecule has 2 aromatic carbocycles.